The molecule has 19 heavy (non-hydrogen) atoms. The van der Waals surface area contributed by atoms with Crippen molar-refractivity contribution in [2.24, 2.45) is 5.16 Å². The highest BCUT2D eigenvalue weighted by Crippen LogP contribution is 2.11. The molecule has 0 saturated carbocycles. The number of hydrogen-bond acceptors (Lipinski definition) is 3. The predicted octanol–water partition coefficient (Wildman–Crippen LogP) is 4.79. The third-order valence-electron chi connectivity index (χ3n) is 3.35. The average molecular weight is 262 g/mol. The molecular weight excluding hydrogens is 236 g/mol. The molecule has 0 atom stereocenters. The first-order chi connectivity index (χ1) is 9.38. The predicted molar refractivity (Wildman–Crippen MR) is 79.8 cm³/mol. The fourth-order valence-electron chi connectivity index (χ4n) is 2.19. The van der Waals surface area contributed by atoms with Gasteiger partial charge in [-0.3, -0.25) is 4.98 Å². The molecule has 0 radical (unpaired) electrons. The van der Waals surface area contributed by atoms with Crippen molar-refractivity contribution in [3.05, 3.63) is 30.1 Å². The molecule has 0 aromatic carbocycles. The molecule has 0 unspecified atom stereocenters. The van der Waals surface area contributed by atoms with Crippen molar-refractivity contribution in [3.8, 4) is 0 Å². The lowest BCUT2D eigenvalue weighted by atomic mass is 10.0. The maximum Gasteiger partial charge on any atom is 0.105 e. The minimum atomic E-state index is 0.701. The third-order valence-corrected chi connectivity index (χ3v) is 3.35. The van der Waals surface area contributed by atoms with Crippen LogP contribution in [0, 0.1) is 0 Å². The van der Waals surface area contributed by atoms with Gasteiger partial charge in [0.1, 0.15) is 5.71 Å². The Morgan fingerprint density at radius 2 is 1.74 bits per heavy atom. The largest absolute Gasteiger partial charge is 0.411 e. The van der Waals surface area contributed by atoms with E-state index in [0.29, 0.717) is 5.71 Å². The van der Waals surface area contributed by atoms with Crippen molar-refractivity contribution in [1.29, 1.82) is 0 Å². The van der Waals surface area contributed by atoms with Crippen molar-refractivity contribution >= 4 is 5.71 Å². The Balaban J connectivity index is 2.11. The molecule has 0 aliphatic rings. The van der Waals surface area contributed by atoms with Crippen molar-refractivity contribution in [2.45, 2.75) is 64.7 Å². The minimum absolute atomic E-state index is 0.701. The van der Waals surface area contributed by atoms with Gasteiger partial charge in [-0.2, -0.15) is 0 Å². The molecule has 1 aromatic rings. The van der Waals surface area contributed by atoms with Gasteiger partial charge >= 0.3 is 0 Å². The fraction of sp³-hybridized carbons (Fsp3) is 0.625. The zero-order valence-corrected chi connectivity index (χ0v) is 12.0. The number of aromatic nitrogens is 1. The van der Waals surface area contributed by atoms with Gasteiger partial charge in [0.15, 0.2) is 0 Å². The van der Waals surface area contributed by atoms with E-state index in [0.717, 1.165) is 18.5 Å². The molecule has 106 valence electrons. The fourth-order valence-corrected chi connectivity index (χ4v) is 2.19. The van der Waals surface area contributed by atoms with E-state index in [1.54, 1.807) is 6.20 Å². The Bertz CT molecular complexity index is 349. The smallest absolute Gasteiger partial charge is 0.105 e. The third kappa shape index (κ3) is 6.94. The molecule has 1 N–H and O–H groups in total. The number of pyridine rings is 1. The van der Waals surface area contributed by atoms with Crippen LogP contribution in [0.1, 0.15) is 70.4 Å². The number of oxime groups is 1. The van der Waals surface area contributed by atoms with Gasteiger partial charge in [-0.1, -0.05) is 63.1 Å². The molecule has 1 aromatic heterocycles. The zero-order chi connectivity index (χ0) is 13.8. The number of nitrogens with zero attached hydrogens (tertiary/aromatic N) is 2. The first-order valence-electron chi connectivity index (χ1n) is 7.50. The van der Waals surface area contributed by atoms with E-state index in [1.807, 2.05) is 18.2 Å². The second-order valence-electron chi connectivity index (χ2n) is 4.99. The number of unbranched alkanes of at least 4 members (excludes halogenated alkanes) is 7. The van der Waals surface area contributed by atoms with Gasteiger partial charge < -0.3 is 5.21 Å². The van der Waals surface area contributed by atoms with E-state index in [4.69, 9.17) is 5.21 Å². The molecule has 0 bridgehead atoms. The molecule has 1 heterocycles. The quantitative estimate of drug-likeness (QED) is 0.285. The molecule has 0 aliphatic heterocycles. The summed E-state index contributed by atoms with van der Waals surface area (Å²) >= 11 is 0. The summed E-state index contributed by atoms with van der Waals surface area (Å²) in [5.74, 6) is 0. The highest BCUT2D eigenvalue weighted by atomic mass is 16.4. The molecule has 3 heteroatoms. The van der Waals surface area contributed by atoms with Gasteiger partial charge in [-0.25, -0.2) is 0 Å². The molecule has 0 aliphatic carbocycles. The average Bonchev–Trinajstić information content (AvgIpc) is 2.47. The summed E-state index contributed by atoms with van der Waals surface area (Å²) in [6.07, 6.45) is 12.8. The second-order valence-corrected chi connectivity index (χ2v) is 4.99. The van der Waals surface area contributed by atoms with Crippen molar-refractivity contribution in [3.63, 3.8) is 0 Å². The first kappa shape index (κ1) is 15.7. The monoisotopic (exact) mass is 262 g/mol. The maximum absolute atomic E-state index is 9.03. The molecule has 0 spiro atoms. The van der Waals surface area contributed by atoms with Crippen LogP contribution in [0.5, 0.6) is 0 Å². The number of hydrogen-bond donors (Lipinski definition) is 1. The van der Waals surface area contributed by atoms with Crippen LogP contribution in [0.15, 0.2) is 29.6 Å². The Hall–Kier alpha value is -1.38. The van der Waals surface area contributed by atoms with Crippen LogP contribution >= 0.6 is 0 Å². The summed E-state index contributed by atoms with van der Waals surface area (Å²) in [6.45, 7) is 2.24. The highest BCUT2D eigenvalue weighted by Gasteiger charge is 2.04. The Labute approximate surface area is 116 Å². The number of rotatable bonds is 10. The van der Waals surface area contributed by atoms with Gasteiger partial charge in [0.25, 0.3) is 0 Å². The molecule has 1 rings (SSSR count). The molecule has 0 saturated heterocycles. The van der Waals surface area contributed by atoms with E-state index in [1.165, 1.54) is 44.9 Å². The summed E-state index contributed by atoms with van der Waals surface area (Å²) in [6, 6.07) is 5.68. The summed E-state index contributed by atoms with van der Waals surface area (Å²) in [7, 11) is 0. The van der Waals surface area contributed by atoms with Crippen molar-refractivity contribution < 1.29 is 5.21 Å². The van der Waals surface area contributed by atoms with Crippen LogP contribution < -0.4 is 0 Å². The van der Waals surface area contributed by atoms with Gasteiger partial charge in [-0.05, 0) is 25.0 Å². The summed E-state index contributed by atoms with van der Waals surface area (Å²) in [4.78, 5) is 4.21. The van der Waals surface area contributed by atoms with Gasteiger partial charge in [-0.15, -0.1) is 0 Å². The lowest BCUT2D eigenvalue weighted by Gasteiger charge is -2.04. The van der Waals surface area contributed by atoms with Gasteiger partial charge in [0.05, 0.1) is 5.69 Å². The first-order valence-corrected chi connectivity index (χ1v) is 7.50. The Morgan fingerprint density at radius 3 is 2.32 bits per heavy atom. The van der Waals surface area contributed by atoms with Crippen LogP contribution in [-0.2, 0) is 0 Å². The highest BCUT2D eigenvalue weighted by molar-refractivity contribution is 5.98. The molecular formula is C16H26N2O. The molecule has 3 nitrogen and oxygen atoms in total. The lowest BCUT2D eigenvalue weighted by molar-refractivity contribution is 0.317. The van der Waals surface area contributed by atoms with Crippen LogP contribution in [-0.4, -0.2) is 15.9 Å². The summed E-state index contributed by atoms with van der Waals surface area (Å²) in [5, 5.41) is 12.4. The Morgan fingerprint density at radius 1 is 1.05 bits per heavy atom. The maximum atomic E-state index is 9.03. The van der Waals surface area contributed by atoms with Crippen LogP contribution in [0.3, 0.4) is 0 Å². The topological polar surface area (TPSA) is 45.5 Å². The van der Waals surface area contributed by atoms with Gasteiger partial charge in [0, 0.05) is 6.20 Å². The van der Waals surface area contributed by atoms with Crippen molar-refractivity contribution in [2.75, 3.05) is 0 Å². The zero-order valence-electron chi connectivity index (χ0n) is 12.0. The summed E-state index contributed by atoms with van der Waals surface area (Å²) in [5.41, 5.74) is 1.49. The minimum Gasteiger partial charge on any atom is -0.411 e. The van der Waals surface area contributed by atoms with Crippen LogP contribution in [0.25, 0.3) is 0 Å². The van der Waals surface area contributed by atoms with E-state index in [9.17, 15) is 0 Å². The molecule has 0 amide bonds. The normalized spacial score (nSPS) is 11.7. The van der Waals surface area contributed by atoms with Crippen LogP contribution in [0.4, 0.5) is 0 Å². The SMILES string of the molecule is CCCCCCCCCC/C(=N/O)c1ccccn1. The van der Waals surface area contributed by atoms with E-state index >= 15 is 0 Å². The molecule has 0 fully saturated rings. The van der Waals surface area contributed by atoms with Gasteiger partial charge in [0.2, 0.25) is 0 Å². The van der Waals surface area contributed by atoms with E-state index in [2.05, 4.69) is 17.1 Å². The summed E-state index contributed by atoms with van der Waals surface area (Å²) < 4.78 is 0. The van der Waals surface area contributed by atoms with E-state index < -0.39 is 0 Å². The van der Waals surface area contributed by atoms with Crippen molar-refractivity contribution in [1.82, 2.24) is 4.98 Å². The second kappa shape index (κ2) is 10.5. The standard InChI is InChI=1S/C16H26N2O/c1-2-3-4-5-6-7-8-9-13-16(18-19)15-12-10-11-14-17-15/h10-12,14,19H,2-9,13H2,1H3/b18-16-. The lowest BCUT2D eigenvalue weighted by Crippen LogP contribution is -2.03. The van der Waals surface area contributed by atoms with E-state index in [-0.39, 0.29) is 0 Å². The van der Waals surface area contributed by atoms with Crippen LogP contribution in [0.2, 0.25) is 0 Å². The Kier molecular flexibility index (Phi) is 8.69.